The first-order valence-corrected chi connectivity index (χ1v) is 10.7. The first kappa shape index (κ1) is 21.8. The van der Waals surface area contributed by atoms with Gasteiger partial charge in [-0.05, 0) is 54.6 Å². The van der Waals surface area contributed by atoms with Gasteiger partial charge < -0.3 is 14.8 Å². The minimum atomic E-state index is -4.37. The van der Waals surface area contributed by atoms with Crippen molar-refractivity contribution in [2.45, 2.75) is 11.2 Å². The van der Waals surface area contributed by atoms with E-state index in [1.54, 1.807) is 0 Å². The number of halogens is 4. The number of anilines is 2. The molecular formula is C20H12ClF3N2O5S. The van der Waals surface area contributed by atoms with Gasteiger partial charge in [-0.1, -0.05) is 17.7 Å². The van der Waals surface area contributed by atoms with Crippen LogP contribution in [0.5, 0.6) is 11.5 Å². The van der Waals surface area contributed by atoms with Crippen molar-refractivity contribution in [2.24, 2.45) is 0 Å². The fourth-order valence-corrected chi connectivity index (χ4v) is 4.15. The van der Waals surface area contributed by atoms with Crippen LogP contribution in [0.2, 0.25) is 5.02 Å². The van der Waals surface area contributed by atoms with Crippen molar-refractivity contribution in [1.82, 2.24) is 0 Å². The lowest BCUT2D eigenvalue weighted by Crippen LogP contribution is -2.26. The van der Waals surface area contributed by atoms with Gasteiger partial charge in [-0.25, -0.2) is 12.8 Å². The molecule has 0 saturated carbocycles. The summed E-state index contributed by atoms with van der Waals surface area (Å²) in [7, 11) is -4.37. The number of ether oxygens (including phenoxy) is 2. The predicted octanol–water partition coefficient (Wildman–Crippen LogP) is 4.85. The Morgan fingerprint density at radius 1 is 0.969 bits per heavy atom. The standard InChI is InChI=1S/C20H12ClF3N2O5S/c21-11-4-6-12(7-5-11)26-32(28,29)17-10-13(8-9-15(17)22)25-19(27)14-2-1-3-16-18(14)31-20(23,24)30-16/h1-10,26H,(H,25,27). The van der Waals surface area contributed by atoms with E-state index in [-0.39, 0.29) is 22.7 Å². The number of para-hydroxylation sites is 1. The minimum absolute atomic E-state index is 0.101. The van der Waals surface area contributed by atoms with Gasteiger partial charge in [0.25, 0.3) is 15.9 Å². The molecule has 3 aromatic carbocycles. The molecule has 0 radical (unpaired) electrons. The number of hydrogen-bond donors (Lipinski definition) is 2. The molecule has 12 heteroatoms. The second-order valence-corrected chi connectivity index (χ2v) is 8.60. The topological polar surface area (TPSA) is 93.7 Å². The molecule has 3 aromatic rings. The Morgan fingerprint density at radius 3 is 2.38 bits per heavy atom. The lowest BCUT2D eigenvalue weighted by Gasteiger charge is -2.12. The summed E-state index contributed by atoms with van der Waals surface area (Å²) in [5, 5.41) is 2.71. The van der Waals surface area contributed by atoms with Crippen LogP contribution in [0, 0.1) is 5.82 Å². The summed E-state index contributed by atoms with van der Waals surface area (Å²) in [5.41, 5.74) is -0.245. The molecule has 0 saturated heterocycles. The molecule has 0 bridgehead atoms. The quantitative estimate of drug-likeness (QED) is 0.540. The molecule has 0 spiro atoms. The van der Waals surface area contributed by atoms with Crippen molar-refractivity contribution in [1.29, 1.82) is 0 Å². The summed E-state index contributed by atoms with van der Waals surface area (Å²) in [6.07, 6.45) is -3.93. The molecule has 32 heavy (non-hydrogen) atoms. The molecular weight excluding hydrogens is 473 g/mol. The van der Waals surface area contributed by atoms with Gasteiger partial charge in [-0.3, -0.25) is 9.52 Å². The maximum atomic E-state index is 14.3. The van der Waals surface area contributed by atoms with E-state index in [9.17, 15) is 26.4 Å². The highest BCUT2D eigenvalue weighted by Gasteiger charge is 2.45. The van der Waals surface area contributed by atoms with Gasteiger partial charge in [0.05, 0.1) is 5.56 Å². The largest absolute Gasteiger partial charge is 0.586 e. The summed E-state index contributed by atoms with van der Waals surface area (Å²) in [5.74, 6) is -2.78. The molecule has 0 aromatic heterocycles. The normalized spacial score (nSPS) is 14.1. The van der Waals surface area contributed by atoms with E-state index < -0.39 is 38.7 Å². The van der Waals surface area contributed by atoms with Crippen molar-refractivity contribution < 1.29 is 35.9 Å². The van der Waals surface area contributed by atoms with Gasteiger partial charge in [-0.15, -0.1) is 8.78 Å². The van der Waals surface area contributed by atoms with E-state index in [0.717, 1.165) is 18.2 Å². The first-order chi connectivity index (χ1) is 15.0. The number of amides is 1. The highest BCUT2D eigenvalue weighted by Crippen LogP contribution is 2.43. The molecule has 0 unspecified atom stereocenters. The molecule has 0 atom stereocenters. The van der Waals surface area contributed by atoms with Crippen LogP contribution in [0.4, 0.5) is 24.5 Å². The van der Waals surface area contributed by atoms with Gasteiger partial charge in [0.15, 0.2) is 11.5 Å². The maximum absolute atomic E-state index is 14.3. The number of rotatable bonds is 5. The number of sulfonamides is 1. The Bertz CT molecular complexity index is 1320. The number of benzene rings is 3. The van der Waals surface area contributed by atoms with Crippen LogP contribution in [0.3, 0.4) is 0 Å². The van der Waals surface area contributed by atoms with Crippen molar-refractivity contribution >= 4 is 38.9 Å². The molecule has 4 rings (SSSR count). The van der Waals surface area contributed by atoms with Gasteiger partial charge in [0.1, 0.15) is 10.7 Å². The van der Waals surface area contributed by atoms with E-state index in [1.807, 2.05) is 0 Å². The molecule has 1 amide bonds. The summed E-state index contributed by atoms with van der Waals surface area (Å²) in [4.78, 5) is 11.8. The molecule has 0 fully saturated rings. The second kappa shape index (κ2) is 7.92. The summed E-state index contributed by atoms with van der Waals surface area (Å²) < 4.78 is 77.1. The zero-order valence-corrected chi connectivity index (χ0v) is 17.3. The highest BCUT2D eigenvalue weighted by atomic mass is 35.5. The third-order valence-electron chi connectivity index (χ3n) is 4.25. The number of alkyl halides is 2. The average molecular weight is 485 g/mol. The molecule has 1 heterocycles. The third kappa shape index (κ3) is 4.43. The predicted molar refractivity (Wildman–Crippen MR) is 109 cm³/mol. The van der Waals surface area contributed by atoms with Crippen molar-refractivity contribution in [3.63, 3.8) is 0 Å². The number of nitrogens with one attached hydrogen (secondary N) is 2. The lowest BCUT2D eigenvalue weighted by molar-refractivity contribution is -0.286. The van der Waals surface area contributed by atoms with Crippen LogP contribution in [-0.4, -0.2) is 20.6 Å². The zero-order valence-electron chi connectivity index (χ0n) is 15.7. The Balaban J connectivity index is 1.59. The summed E-state index contributed by atoms with van der Waals surface area (Å²) >= 11 is 5.76. The molecule has 0 aliphatic carbocycles. The van der Waals surface area contributed by atoms with Crippen molar-refractivity contribution in [3.05, 3.63) is 77.1 Å². The average Bonchev–Trinajstić information content (AvgIpc) is 3.04. The molecule has 1 aliphatic heterocycles. The monoisotopic (exact) mass is 484 g/mol. The fraction of sp³-hybridized carbons (Fsp3) is 0.0500. The van der Waals surface area contributed by atoms with Gasteiger partial charge in [-0.2, -0.15) is 0 Å². The number of hydrogen-bond acceptors (Lipinski definition) is 5. The highest BCUT2D eigenvalue weighted by molar-refractivity contribution is 7.92. The smallest absolute Gasteiger partial charge is 0.395 e. The van der Waals surface area contributed by atoms with Crippen LogP contribution < -0.4 is 19.5 Å². The van der Waals surface area contributed by atoms with Crippen LogP contribution in [0.25, 0.3) is 0 Å². The van der Waals surface area contributed by atoms with E-state index in [1.165, 1.54) is 42.5 Å². The van der Waals surface area contributed by atoms with Crippen molar-refractivity contribution in [2.75, 3.05) is 10.0 Å². The summed E-state index contributed by atoms with van der Waals surface area (Å²) in [6.45, 7) is 0. The van der Waals surface area contributed by atoms with Gasteiger partial charge >= 0.3 is 6.29 Å². The first-order valence-electron chi connectivity index (χ1n) is 8.82. The molecule has 2 N–H and O–H groups in total. The second-order valence-electron chi connectivity index (χ2n) is 6.51. The molecule has 1 aliphatic rings. The summed E-state index contributed by atoms with van der Waals surface area (Å²) in [6, 6.07) is 12.2. The Labute approximate surface area is 184 Å². The third-order valence-corrected chi connectivity index (χ3v) is 5.90. The van der Waals surface area contributed by atoms with Crippen LogP contribution in [0.1, 0.15) is 10.4 Å². The SMILES string of the molecule is O=C(Nc1ccc(F)c(S(=O)(=O)Nc2ccc(Cl)cc2)c1)c1cccc2c1OC(F)(F)O2. The Morgan fingerprint density at radius 2 is 1.66 bits per heavy atom. The zero-order chi connectivity index (χ0) is 23.1. The maximum Gasteiger partial charge on any atom is 0.586 e. The van der Waals surface area contributed by atoms with Gasteiger partial charge in [0, 0.05) is 16.4 Å². The number of fused-ring (bicyclic) bond motifs is 1. The Kier molecular flexibility index (Phi) is 5.39. The molecule has 166 valence electrons. The Hall–Kier alpha value is -3.44. The number of carbonyl (C=O) groups is 1. The van der Waals surface area contributed by atoms with Crippen molar-refractivity contribution in [3.8, 4) is 11.5 Å². The van der Waals surface area contributed by atoms with E-state index in [0.29, 0.717) is 5.02 Å². The fourth-order valence-electron chi connectivity index (χ4n) is 2.86. The van der Waals surface area contributed by atoms with Crippen LogP contribution >= 0.6 is 11.6 Å². The van der Waals surface area contributed by atoms with Gasteiger partial charge in [0.2, 0.25) is 0 Å². The van der Waals surface area contributed by atoms with E-state index in [4.69, 9.17) is 11.6 Å². The van der Waals surface area contributed by atoms with E-state index in [2.05, 4.69) is 19.5 Å². The molecule has 7 nitrogen and oxygen atoms in total. The minimum Gasteiger partial charge on any atom is -0.395 e. The lowest BCUT2D eigenvalue weighted by atomic mass is 10.1. The van der Waals surface area contributed by atoms with Crippen LogP contribution in [0.15, 0.2) is 65.6 Å². The van der Waals surface area contributed by atoms with E-state index >= 15 is 0 Å². The van der Waals surface area contributed by atoms with Crippen LogP contribution in [-0.2, 0) is 10.0 Å². The number of carbonyl (C=O) groups excluding carboxylic acids is 1.